The van der Waals surface area contributed by atoms with Gasteiger partial charge in [0.05, 0.1) is 26.7 Å². The van der Waals surface area contributed by atoms with Crippen LogP contribution in [0, 0.1) is 18.3 Å². The fraction of sp³-hybridized carbons (Fsp3) is 0.211. The summed E-state index contributed by atoms with van der Waals surface area (Å²) in [5.74, 6) is -1.30. The first-order valence-corrected chi connectivity index (χ1v) is 9.48. The van der Waals surface area contributed by atoms with Crippen molar-refractivity contribution in [3.63, 3.8) is 0 Å². The number of hydrogen-bond acceptors (Lipinski definition) is 5. The molecule has 2 rings (SSSR count). The molecular weight excluding hydrogens is 439 g/mol. The van der Waals surface area contributed by atoms with Crippen molar-refractivity contribution in [3.05, 3.63) is 62.1 Å². The SMILES string of the molecule is Cc1c(NC(C(=O)NNC(=O)c2ccc(Cl)c(Cl)c2)[C@H](C)O)ccc(C#N)c1Cl. The lowest BCUT2D eigenvalue weighted by Gasteiger charge is -2.23. The first-order valence-electron chi connectivity index (χ1n) is 8.34. The van der Waals surface area contributed by atoms with Crippen molar-refractivity contribution >= 4 is 52.3 Å². The molecule has 0 fully saturated rings. The molecular formula is C19H17Cl3N4O3. The number of carbonyl (C=O) groups is 2. The van der Waals surface area contributed by atoms with Gasteiger partial charge in [-0.1, -0.05) is 34.8 Å². The molecule has 10 heteroatoms. The normalized spacial score (nSPS) is 12.4. The lowest BCUT2D eigenvalue weighted by Crippen LogP contribution is -2.52. The minimum absolute atomic E-state index is 0.191. The Morgan fingerprint density at radius 1 is 1.10 bits per heavy atom. The summed E-state index contributed by atoms with van der Waals surface area (Å²) in [6, 6.07) is 8.20. The number of nitrogens with zero attached hydrogens (tertiary/aromatic N) is 1. The van der Waals surface area contributed by atoms with E-state index in [1.807, 2.05) is 6.07 Å². The van der Waals surface area contributed by atoms with E-state index in [0.717, 1.165) is 0 Å². The summed E-state index contributed by atoms with van der Waals surface area (Å²) in [4.78, 5) is 24.7. The summed E-state index contributed by atoms with van der Waals surface area (Å²) < 4.78 is 0. The van der Waals surface area contributed by atoms with Crippen molar-refractivity contribution in [1.29, 1.82) is 5.26 Å². The minimum atomic E-state index is -1.11. The highest BCUT2D eigenvalue weighted by Crippen LogP contribution is 2.27. The third-order valence-corrected chi connectivity index (χ3v) is 5.29. The first-order chi connectivity index (χ1) is 13.6. The lowest BCUT2D eigenvalue weighted by molar-refractivity contribution is -0.124. The molecule has 1 unspecified atom stereocenters. The molecule has 2 aromatic rings. The maximum Gasteiger partial charge on any atom is 0.269 e. The Morgan fingerprint density at radius 3 is 2.38 bits per heavy atom. The third kappa shape index (κ3) is 5.52. The number of amides is 2. The number of rotatable bonds is 5. The van der Waals surface area contributed by atoms with Crippen LogP contribution in [-0.4, -0.2) is 29.1 Å². The monoisotopic (exact) mass is 454 g/mol. The molecule has 0 spiro atoms. The minimum Gasteiger partial charge on any atom is -0.391 e. The Hall–Kier alpha value is -2.50. The van der Waals surface area contributed by atoms with Crippen molar-refractivity contribution in [2.24, 2.45) is 0 Å². The van der Waals surface area contributed by atoms with E-state index in [-0.39, 0.29) is 15.6 Å². The van der Waals surface area contributed by atoms with Crippen molar-refractivity contribution < 1.29 is 14.7 Å². The van der Waals surface area contributed by atoms with Crippen LogP contribution in [0.25, 0.3) is 0 Å². The van der Waals surface area contributed by atoms with Crippen molar-refractivity contribution in [2.75, 3.05) is 5.32 Å². The highest BCUT2D eigenvalue weighted by molar-refractivity contribution is 6.42. The summed E-state index contributed by atoms with van der Waals surface area (Å²) in [7, 11) is 0. The number of anilines is 1. The van der Waals surface area contributed by atoms with Crippen LogP contribution in [0.4, 0.5) is 5.69 Å². The maximum absolute atomic E-state index is 12.5. The highest BCUT2D eigenvalue weighted by atomic mass is 35.5. The van der Waals surface area contributed by atoms with E-state index in [0.29, 0.717) is 21.8 Å². The van der Waals surface area contributed by atoms with Crippen LogP contribution >= 0.6 is 34.8 Å². The van der Waals surface area contributed by atoms with Gasteiger partial charge in [-0.05, 0) is 49.7 Å². The smallest absolute Gasteiger partial charge is 0.269 e. The standard InChI is InChI=1S/C19H17Cl3N4O3/c1-9-15(6-4-12(8-23)16(9)22)24-17(10(2)27)19(29)26-25-18(28)11-3-5-13(20)14(21)7-11/h3-7,10,17,24,27H,1-2H3,(H,25,28)(H,26,29)/t10-,17?/m0/s1. The first kappa shape index (κ1) is 22.8. The Bertz CT molecular complexity index is 989. The molecule has 0 saturated heterocycles. The second kappa shape index (κ2) is 9.81. The molecule has 29 heavy (non-hydrogen) atoms. The van der Waals surface area contributed by atoms with E-state index >= 15 is 0 Å². The number of aliphatic hydroxyl groups excluding tert-OH is 1. The van der Waals surface area contributed by atoms with Gasteiger partial charge in [-0.2, -0.15) is 5.26 Å². The molecule has 2 aromatic carbocycles. The van der Waals surface area contributed by atoms with Gasteiger partial charge in [0.25, 0.3) is 11.8 Å². The summed E-state index contributed by atoms with van der Waals surface area (Å²) in [6.45, 7) is 3.09. The zero-order valence-electron chi connectivity index (χ0n) is 15.4. The second-order valence-electron chi connectivity index (χ2n) is 6.15. The van der Waals surface area contributed by atoms with E-state index in [2.05, 4.69) is 16.2 Å². The molecule has 4 N–H and O–H groups in total. The molecule has 0 aliphatic carbocycles. The molecule has 2 atom stereocenters. The van der Waals surface area contributed by atoms with Crippen molar-refractivity contribution in [2.45, 2.75) is 26.0 Å². The molecule has 0 aromatic heterocycles. The van der Waals surface area contributed by atoms with Crippen LogP contribution in [0.3, 0.4) is 0 Å². The van der Waals surface area contributed by atoms with Crippen LogP contribution < -0.4 is 16.2 Å². The molecule has 0 radical (unpaired) electrons. The van der Waals surface area contributed by atoms with Gasteiger partial charge in [0, 0.05) is 11.3 Å². The van der Waals surface area contributed by atoms with Gasteiger partial charge in [-0.15, -0.1) is 0 Å². The summed E-state index contributed by atoms with van der Waals surface area (Å²) in [6.07, 6.45) is -1.11. The van der Waals surface area contributed by atoms with Gasteiger partial charge in [0.1, 0.15) is 12.1 Å². The predicted octanol–water partition coefficient (Wildman–Crippen LogP) is 3.45. The topological polar surface area (TPSA) is 114 Å². The highest BCUT2D eigenvalue weighted by Gasteiger charge is 2.25. The average Bonchev–Trinajstić information content (AvgIpc) is 2.68. The summed E-state index contributed by atoms with van der Waals surface area (Å²) in [5, 5.41) is 22.6. The molecule has 0 aliphatic rings. The lowest BCUT2D eigenvalue weighted by atomic mass is 10.1. The Labute approximate surface area is 182 Å². The van der Waals surface area contributed by atoms with Crippen LogP contribution in [-0.2, 0) is 4.79 Å². The van der Waals surface area contributed by atoms with Gasteiger partial charge in [-0.3, -0.25) is 20.4 Å². The van der Waals surface area contributed by atoms with Crippen molar-refractivity contribution in [3.8, 4) is 6.07 Å². The van der Waals surface area contributed by atoms with E-state index in [4.69, 9.17) is 40.1 Å². The number of hydrazine groups is 1. The number of hydrogen-bond donors (Lipinski definition) is 4. The number of carbonyl (C=O) groups excluding carboxylic acids is 2. The molecule has 0 bridgehead atoms. The average molecular weight is 456 g/mol. The molecule has 0 heterocycles. The van der Waals surface area contributed by atoms with Gasteiger partial charge >= 0.3 is 0 Å². The Morgan fingerprint density at radius 2 is 1.79 bits per heavy atom. The number of nitrogens with one attached hydrogen (secondary N) is 3. The Balaban J connectivity index is 2.10. The zero-order valence-corrected chi connectivity index (χ0v) is 17.7. The third-order valence-electron chi connectivity index (χ3n) is 4.06. The maximum atomic E-state index is 12.5. The van der Waals surface area contributed by atoms with E-state index in [1.54, 1.807) is 13.0 Å². The largest absolute Gasteiger partial charge is 0.391 e. The van der Waals surface area contributed by atoms with Gasteiger partial charge in [0.15, 0.2) is 0 Å². The number of halogens is 3. The van der Waals surface area contributed by atoms with Gasteiger partial charge in [0.2, 0.25) is 0 Å². The number of benzene rings is 2. The van der Waals surface area contributed by atoms with Crippen LogP contribution in [0.2, 0.25) is 15.1 Å². The molecule has 2 amide bonds. The molecule has 152 valence electrons. The van der Waals surface area contributed by atoms with Crippen molar-refractivity contribution in [1.82, 2.24) is 10.9 Å². The van der Waals surface area contributed by atoms with Crippen LogP contribution in [0.15, 0.2) is 30.3 Å². The van der Waals surface area contributed by atoms with E-state index in [9.17, 15) is 14.7 Å². The molecule has 0 saturated carbocycles. The molecule has 0 aliphatic heterocycles. The Kier molecular flexibility index (Phi) is 7.71. The zero-order chi connectivity index (χ0) is 21.7. The fourth-order valence-corrected chi connectivity index (χ4v) is 2.91. The van der Waals surface area contributed by atoms with E-state index in [1.165, 1.54) is 31.2 Å². The second-order valence-corrected chi connectivity index (χ2v) is 7.34. The van der Waals surface area contributed by atoms with Gasteiger partial charge < -0.3 is 10.4 Å². The van der Waals surface area contributed by atoms with E-state index < -0.39 is 24.0 Å². The number of aliphatic hydroxyl groups is 1. The predicted molar refractivity (Wildman–Crippen MR) is 112 cm³/mol. The fourth-order valence-electron chi connectivity index (χ4n) is 2.41. The van der Waals surface area contributed by atoms with Crippen LogP contribution in [0.1, 0.15) is 28.4 Å². The summed E-state index contributed by atoms with van der Waals surface area (Å²) >= 11 is 17.8. The van der Waals surface area contributed by atoms with Gasteiger partial charge in [-0.25, -0.2) is 0 Å². The quantitative estimate of drug-likeness (QED) is 0.516. The van der Waals surface area contributed by atoms with Crippen LogP contribution in [0.5, 0.6) is 0 Å². The molecule has 7 nitrogen and oxygen atoms in total. The number of nitriles is 1. The summed E-state index contributed by atoms with van der Waals surface area (Å²) in [5.41, 5.74) is 5.99.